The molecule has 0 aromatic carbocycles. The van der Waals surface area contributed by atoms with E-state index in [4.69, 9.17) is 4.74 Å². The smallest absolute Gasteiger partial charge is 0.252 e. The zero-order valence-electron chi connectivity index (χ0n) is 14.4. The second-order valence-electron chi connectivity index (χ2n) is 6.98. The van der Waals surface area contributed by atoms with Crippen LogP contribution in [0.3, 0.4) is 0 Å². The number of rotatable bonds is 5. The Bertz CT molecular complexity index is 734. The van der Waals surface area contributed by atoms with Crippen molar-refractivity contribution in [3.63, 3.8) is 0 Å². The summed E-state index contributed by atoms with van der Waals surface area (Å²) < 4.78 is 5.99. The van der Waals surface area contributed by atoms with Crippen LogP contribution in [0, 0.1) is 18.8 Å². The molecule has 0 spiro atoms. The average molecular weight is 357 g/mol. The quantitative estimate of drug-likeness (QED) is 0.892. The molecule has 6 heteroatoms. The largest absolute Gasteiger partial charge is 0.376 e. The number of hydrogen-bond donors (Lipinski definition) is 1. The summed E-state index contributed by atoms with van der Waals surface area (Å²) >= 11 is 1.55. The predicted octanol–water partition coefficient (Wildman–Crippen LogP) is 2.33. The summed E-state index contributed by atoms with van der Waals surface area (Å²) in [6, 6.07) is 8.03. The van der Waals surface area contributed by atoms with Crippen molar-refractivity contribution in [1.82, 2.24) is 15.2 Å². The molecule has 5 nitrogen and oxygen atoms in total. The molecule has 4 heterocycles. The van der Waals surface area contributed by atoms with Crippen molar-refractivity contribution in [2.75, 3.05) is 26.2 Å². The molecule has 3 atom stereocenters. The first-order chi connectivity index (χ1) is 12.2. The van der Waals surface area contributed by atoms with Crippen LogP contribution in [0.2, 0.25) is 0 Å². The van der Waals surface area contributed by atoms with Gasteiger partial charge in [0.1, 0.15) is 0 Å². The minimum absolute atomic E-state index is 0.0171. The number of aryl methyl sites for hydroxylation is 1. The number of nitrogens with one attached hydrogen (secondary N) is 1. The molecule has 0 bridgehead atoms. The van der Waals surface area contributed by atoms with Crippen LogP contribution >= 0.6 is 11.3 Å². The van der Waals surface area contributed by atoms with Crippen LogP contribution < -0.4 is 5.32 Å². The van der Waals surface area contributed by atoms with Crippen LogP contribution in [0.15, 0.2) is 35.0 Å². The van der Waals surface area contributed by atoms with Gasteiger partial charge in [-0.15, -0.1) is 0 Å². The van der Waals surface area contributed by atoms with E-state index in [1.807, 2.05) is 29.8 Å². The lowest BCUT2D eigenvalue weighted by molar-refractivity contribution is 0.0903. The lowest BCUT2D eigenvalue weighted by atomic mass is 9.93. The highest BCUT2D eigenvalue weighted by molar-refractivity contribution is 7.08. The molecule has 2 aliphatic heterocycles. The highest BCUT2D eigenvalue weighted by Crippen LogP contribution is 2.33. The standard InChI is InChI=1S/C19H23N3O2S/c1-13-3-2-4-16(21-13)8-22-9-17-15(11-24-18(17)10-22)7-20-19(23)14-5-6-25-12-14/h2-6,12,15,17-18H,7-11H2,1H3,(H,20,23)/t15-,17+,18+/m0/s1. The Kier molecular flexibility index (Phi) is 4.83. The molecule has 2 fully saturated rings. The molecule has 2 aromatic heterocycles. The highest BCUT2D eigenvalue weighted by atomic mass is 32.1. The van der Waals surface area contributed by atoms with Gasteiger partial charge in [0.15, 0.2) is 0 Å². The zero-order valence-corrected chi connectivity index (χ0v) is 15.2. The lowest BCUT2D eigenvalue weighted by Crippen LogP contribution is -2.34. The number of amides is 1. The number of likely N-dealkylation sites (tertiary alicyclic amines) is 1. The number of pyridine rings is 1. The molecular weight excluding hydrogens is 334 g/mol. The van der Waals surface area contributed by atoms with E-state index < -0.39 is 0 Å². The number of carbonyl (C=O) groups is 1. The van der Waals surface area contributed by atoms with E-state index in [0.717, 1.165) is 43.2 Å². The van der Waals surface area contributed by atoms with Crippen LogP contribution in [-0.2, 0) is 11.3 Å². The minimum Gasteiger partial charge on any atom is -0.376 e. The number of fused-ring (bicyclic) bond motifs is 1. The Morgan fingerprint density at radius 3 is 3.12 bits per heavy atom. The van der Waals surface area contributed by atoms with E-state index in [1.165, 1.54) is 0 Å². The fraction of sp³-hybridized carbons (Fsp3) is 0.474. The third kappa shape index (κ3) is 3.76. The molecule has 1 amide bonds. The monoisotopic (exact) mass is 357 g/mol. The SMILES string of the molecule is Cc1cccc(CN2C[C@@H]3[C@@H](CNC(=O)c4ccsc4)CO[C@@H]3C2)n1. The van der Waals surface area contributed by atoms with Gasteiger partial charge in [-0.25, -0.2) is 0 Å². The predicted molar refractivity (Wildman–Crippen MR) is 97.6 cm³/mol. The number of aromatic nitrogens is 1. The molecular formula is C19H23N3O2S. The first-order valence-electron chi connectivity index (χ1n) is 8.76. The second-order valence-corrected chi connectivity index (χ2v) is 7.76. The van der Waals surface area contributed by atoms with E-state index in [1.54, 1.807) is 11.3 Å². The van der Waals surface area contributed by atoms with Gasteiger partial charge >= 0.3 is 0 Å². The van der Waals surface area contributed by atoms with Gasteiger partial charge in [-0.1, -0.05) is 6.07 Å². The van der Waals surface area contributed by atoms with Gasteiger partial charge in [0.2, 0.25) is 0 Å². The number of nitrogens with zero attached hydrogens (tertiary/aromatic N) is 2. The van der Waals surface area contributed by atoms with E-state index in [-0.39, 0.29) is 12.0 Å². The molecule has 0 unspecified atom stereocenters. The van der Waals surface area contributed by atoms with Gasteiger partial charge in [-0.05, 0) is 30.5 Å². The summed E-state index contributed by atoms with van der Waals surface area (Å²) in [6.45, 7) is 6.29. The maximum absolute atomic E-state index is 12.1. The molecule has 0 saturated carbocycles. The third-order valence-corrected chi connectivity index (χ3v) is 5.84. The van der Waals surface area contributed by atoms with Crippen molar-refractivity contribution >= 4 is 17.2 Å². The minimum atomic E-state index is 0.0171. The van der Waals surface area contributed by atoms with Crippen molar-refractivity contribution < 1.29 is 9.53 Å². The fourth-order valence-corrected chi connectivity index (χ4v) is 4.49. The van der Waals surface area contributed by atoms with E-state index in [0.29, 0.717) is 18.4 Å². The summed E-state index contributed by atoms with van der Waals surface area (Å²) in [4.78, 5) is 19.1. The molecule has 0 radical (unpaired) electrons. The van der Waals surface area contributed by atoms with Gasteiger partial charge in [0.05, 0.1) is 18.4 Å². The lowest BCUT2D eigenvalue weighted by Gasteiger charge is -2.19. The van der Waals surface area contributed by atoms with Gasteiger partial charge in [-0.3, -0.25) is 14.7 Å². The molecule has 4 rings (SSSR count). The molecule has 25 heavy (non-hydrogen) atoms. The van der Waals surface area contributed by atoms with Gasteiger partial charge in [0, 0.05) is 54.7 Å². The molecule has 0 aliphatic carbocycles. The van der Waals surface area contributed by atoms with Crippen molar-refractivity contribution in [2.45, 2.75) is 19.6 Å². The van der Waals surface area contributed by atoms with Crippen molar-refractivity contribution in [3.05, 3.63) is 52.0 Å². The fourth-order valence-electron chi connectivity index (χ4n) is 3.86. The number of thiophene rings is 1. The van der Waals surface area contributed by atoms with Crippen LogP contribution in [0.4, 0.5) is 0 Å². The Morgan fingerprint density at radius 2 is 2.32 bits per heavy atom. The molecule has 1 N–H and O–H groups in total. The average Bonchev–Trinajstić information content (AvgIpc) is 3.30. The second kappa shape index (κ2) is 7.23. The summed E-state index contributed by atoms with van der Waals surface area (Å²) in [7, 11) is 0. The maximum atomic E-state index is 12.1. The zero-order chi connectivity index (χ0) is 17.2. The van der Waals surface area contributed by atoms with E-state index in [2.05, 4.69) is 27.3 Å². The molecule has 132 valence electrons. The Morgan fingerprint density at radius 1 is 1.40 bits per heavy atom. The number of carbonyl (C=O) groups excluding carboxylic acids is 1. The first kappa shape index (κ1) is 16.7. The van der Waals surface area contributed by atoms with Gasteiger partial charge < -0.3 is 10.1 Å². The van der Waals surface area contributed by atoms with Crippen molar-refractivity contribution in [2.24, 2.45) is 11.8 Å². The summed E-state index contributed by atoms with van der Waals surface area (Å²) in [5.74, 6) is 0.902. The van der Waals surface area contributed by atoms with Crippen molar-refractivity contribution in [1.29, 1.82) is 0 Å². The summed E-state index contributed by atoms with van der Waals surface area (Å²) in [6.07, 6.45) is 0.285. The number of hydrogen-bond acceptors (Lipinski definition) is 5. The van der Waals surface area contributed by atoms with E-state index >= 15 is 0 Å². The Labute approximate surface area is 152 Å². The van der Waals surface area contributed by atoms with Crippen LogP contribution in [-0.4, -0.2) is 48.1 Å². The maximum Gasteiger partial charge on any atom is 0.252 e. The van der Waals surface area contributed by atoms with Gasteiger partial charge in [0.25, 0.3) is 5.91 Å². The Balaban J connectivity index is 1.31. The van der Waals surface area contributed by atoms with Crippen LogP contribution in [0.25, 0.3) is 0 Å². The summed E-state index contributed by atoms with van der Waals surface area (Å²) in [5.41, 5.74) is 2.92. The highest BCUT2D eigenvalue weighted by Gasteiger charge is 2.43. The molecule has 2 aliphatic rings. The van der Waals surface area contributed by atoms with E-state index in [9.17, 15) is 4.79 Å². The van der Waals surface area contributed by atoms with Crippen LogP contribution in [0.5, 0.6) is 0 Å². The first-order valence-corrected chi connectivity index (χ1v) is 9.70. The van der Waals surface area contributed by atoms with Gasteiger partial charge in [-0.2, -0.15) is 11.3 Å². The Hall–Kier alpha value is -1.76. The normalized spacial score (nSPS) is 25.9. The molecule has 2 aromatic rings. The summed E-state index contributed by atoms with van der Waals surface area (Å²) in [5, 5.41) is 6.88. The molecule has 2 saturated heterocycles. The van der Waals surface area contributed by atoms with Crippen LogP contribution in [0.1, 0.15) is 21.7 Å². The van der Waals surface area contributed by atoms with Crippen molar-refractivity contribution in [3.8, 4) is 0 Å². The third-order valence-electron chi connectivity index (χ3n) is 5.15. The number of ether oxygens (including phenoxy) is 1. The topological polar surface area (TPSA) is 54.5 Å².